The number of carboxylic acid groups (broad SMARTS) is 1. The van der Waals surface area contributed by atoms with Crippen LogP contribution in [0.3, 0.4) is 0 Å². The number of ether oxygens (including phenoxy) is 1. The number of aliphatic carboxylic acids is 1. The molecule has 0 atom stereocenters. The predicted octanol–water partition coefficient (Wildman–Crippen LogP) is 3.74. The molecule has 5 heteroatoms. The van der Waals surface area contributed by atoms with Crippen molar-refractivity contribution in [1.29, 1.82) is 0 Å². The maximum atomic E-state index is 12.5. The van der Waals surface area contributed by atoms with E-state index in [0.29, 0.717) is 35.9 Å². The van der Waals surface area contributed by atoms with E-state index >= 15 is 0 Å². The molecule has 5 nitrogen and oxygen atoms in total. The molecule has 1 fully saturated rings. The van der Waals surface area contributed by atoms with E-state index in [4.69, 9.17) is 9.84 Å². The zero-order valence-corrected chi connectivity index (χ0v) is 13.9. The summed E-state index contributed by atoms with van der Waals surface area (Å²) in [5, 5.41) is 11.6. The Morgan fingerprint density at radius 3 is 2.48 bits per heavy atom. The Kier molecular flexibility index (Phi) is 5.33. The van der Waals surface area contributed by atoms with Crippen LogP contribution in [0.15, 0.2) is 48.5 Å². The first-order valence-electron chi connectivity index (χ1n) is 8.46. The van der Waals surface area contributed by atoms with Crippen molar-refractivity contribution < 1.29 is 19.4 Å². The molecule has 2 N–H and O–H groups in total. The van der Waals surface area contributed by atoms with Crippen LogP contribution in [0.1, 0.15) is 35.2 Å². The summed E-state index contributed by atoms with van der Waals surface area (Å²) in [4.78, 5) is 23.1. The highest BCUT2D eigenvalue weighted by Crippen LogP contribution is 2.30. The molecule has 0 spiro atoms. The van der Waals surface area contributed by atoms with Crippen molar-refractivity contribution in [3.63, 3.8) is 0 Å². The van der Waals surface area contributed by atoms with Crippen molar-refractivity contribution in [2.24, 2.45) is 5.92 Å². The lowest BCUT2D eigenvalue weighted by Gasteiger charge is -2.11. The number of rotatable bonds is 8. The standard InChI is InChI=1S/C20H21NO4/c22-19(23)12-9-14-7-10-16(11-8-14)21-20(24)17-3-1-2-4-18(17)25-13-15-5-6-15/h1-4,7-8,10-11,15H,5-6,9,12-13H2,(H,21,24)(H,22,23). The second kappa shape index (κ2) is 7.83. The molecule has 25 heavy (non-hydrogen) atoms. The van der Waals surface area contributed by atoms with E-state index in [1.807, 2.05) is 30.3 Å². The lowest BCUT2D eigenvalue weighted by molar-refractivity contribution is -0.136. The number of benzene rings is 2. The number of hydrogen-bond donors (Lipinski definition) is 2. The third kappa shape index (κ3) is 5.08. The molecule has 1 aliphatic rings. The molecule has 0 bridgehead atoms. The van der Waals surface area contributed by atoms with Crippen molar-refractivity contribution in [3.05, 3.63) is 59.7 Å². The van der Waals surface area contributed by atoms with E-state index in [9.17, 15) is 9.59 Å². The summed E-state index contributed by atoms with van der Waals surface area (Å²) in [6, 6.07) is 14.4. The van der Waals surface area contributed by atoms with Gasteiger partial charge >= 0.3 is 5.97 Å². The van der Waals surface area contributed by atoms with Gasteiger partial charge in [-0.15, -0.1) is 0 Å². The molecule has 0 aromatic heterocycles. The average molecular weight is 339 g/mol. The first kappa shape index (κ1) is 17.0. The Hall–Kier alpha value is -2.82. The van der Waals surface area contributed by atoms with Gasteiger partial charge in [-0.1, -0.05) is 24.3 Å². The van der Waals surface area contributed by atoms with Crippen LogP contribution in [0.25, 0.3) is 0 Å². The summed E-state index contributed by atoms with van der Waals surface area (Å²) >= 11 is 0. The maximum Gasteiger partial charge on any atom is 0.303 e. The van der Waals surface area contributed by atoms with Crippen molar-refractivity contribution in [2.45, 2.75) is 25.7 Å². The van der Waals surface area contributed by atoms with Gasteiger partial charge in [-0.05, 0) is 55.0 Å². The van der Waals surface area contributed by atoms with Gasteiger partial charge in [0.25, 0.3) is 5.91 Å². The van der Waals surface area contributed by atoms with Gasteiger partial charge in [0.05, 0.1) is 12.2 Å². The first-order chi connectivity index (χ1) is 12.1. The van der Waals surface area contributed by atoms with E-state index in [1.54, 1.807) is 18.2 Å². The van der Waals surface area contributed by atoms with Crippen molar-refractivity contribution in [2.75, 3.05) is 11.9 Å². The van der Waals surface area contributed by atoms with Gasteiger partial charge < -0.3 is 15.2 Å². The smallest absolute Gasteiger partial charge is 0.303 e. The van der Waals surface area contributed by atoms with Crippen LogP contribution in [-0.4, -0.2) is 23.6 Å². The number of para-hydroxylation sites is 1. The lowest BCUT2D eigenvalue weighted by atomic mass is 10.1. The third-order valence-corrected chi connectivity index (χ3v) is 4.14. The summed E-state index contributed by atoms with van der Waals surface area (Å²) in [6.45, 7) is 0.655. The number of anilines is 1. The van der Waals surface area contributed by atoms with Crippen LogP contribution in [0, 0.1) is 5.92 Å². The van der Waals surface area contributed by atoms with E-state index in [0.717, 1.165) is 5.56 Å². The second-order valence-electron chi connectivity index (χ2n) is 6.30. The van der Waals surface area contributed by atoms with Gasteiger partial charge in [-0.2, -0.15) is 0 Å². The Morgan fingerprint density at radius 1 is 1.08 bits per heavy atom. The van der Waals surface area contributed by atoms with Gasteiger partial charge in [-0.25, -0.2) is 0 Å². The van der Waals surface area contributed by atoms with Crippen molar-refractivity contribution >= 4 is 17.6 Å². The molecular weight excluding hydrogens is 318 g/mol. The largest absolute Gasteiger partial charge is 0.492 e. The zero-order valence-electron chi connectivity index (χ0n) is 13.9. The van der Waals surface area contributed by atoms with Gasteiger partial charge in [0.1, 0.15) is 5.75 Å². The highest BCUT2D eigenvalue weighted by molar-refractivity contribution is 6.06. The van der Waals surface area contributed by atoms with E-state index in [-0.39, 0.29) is 12.3 Å². The normalized spacial score (nSPS) is 13.3. The van der Waals surface area contributed by atoms with Crippen LogP contribution in [0.2, 0.25) is 0 Å². The maximum absolute atomic E-state index is 12.5. The number of hydrogen-bond acceptors (Lipinski definition) is 3. The van der Waals surface area contributed by atoms with Gasteiger partial charge in [0.2, 0.25) is 0 Å². The number of carboxylic acids is 1. The molecule has 0 saturated heterocycles. The third-order valence-electron chi connectivity index (χ3n) is 4.14. The van der Waals surface area contributed by atoms with Crippen LogP contribution in [0.4, 0.5) is 5.69 Å². The van der Waals surface area contributed by atoms with E-state index < -0.39 is 5.97 Å². The fraction of sp³-hybridized carbons (Fsp3) is 0.300. The van der Waals surface area contributed by atoms with E-state index in [1.165, 1.54) is 12.8 Å². The molecule has 1 saturated carbocycles. The number of amides is 1. The quantitative estimate of drug-likeness (QED) is 0.768. The molecule has 2 aromatic rings. The number of aryl methyl sites for hydroxylation is 1. The molecule has 0 radical (unpaired) electrons. The minimum Gasteiger partial charge on any atom is -0.492 e. The topological polar surface area (TPSA) is 75.6 Å². The van der Waals surface area contributed by atoms with Gasteiger partial charge in [0, 0.05) is 12.1 Å². The minimum absolute atomic E-state index is 0.0947. The highest BCUT2D eigenvalue weighted by atomic mass is 16.5. The molecule has 2 aromatic carbocycles. The fourth-order valence-corrected chi connectivity index (χ4v) is 2.48. The van der Waals surface area contributed by atoms with Gasteiger partial charge in [-0.3, -0.25) is 9.59 Å². The number of carbonyl (C=O) groups excluding carboxylic acids is 1. The Bertz CT molecular complexity index is 751. The molecule has 0 aliphatic heterocycles. The summed E-state index contributed by atoms with van der Waals surface area (Å²) in [7, 11) is 0. The molecule has 1 amide bonds. The Balaban J connectivity index is 1.62. The van der Waals surface area contributed by atoms with Crippen molar-refractivity contribution in [3.8, 4) is 5.75 Å². The van der Waals surface area contributed by atoms with Crippen molar-refractivity contribution in [1.82, 2.24) is 0 Å². The molecular formula is C20H21NO4. The second-order valence-corrected chi connectivity index (χ2v) is 6.30. The van der Waals surface area contributed by atoms with Crippen LogP contribution in [0.5, 0.6) is 5.75 Å². The summed E-state index contributed by atoms with van der Waals surface area (Å²) in [6.07, 6.45) is 2.96. The SMILES string of the molecule is O=C(O)CCc1ccc(NC(=O)c2ccccc2OCC2CC2)cc1. The molecule has 0 heterocycles. The fourth-order valence-electron chi connectivity index (χ4n) is 2.48. The monoisotopic (exact) mass is 339 g/mol. The average Bonchev–Trinajstić information content (AvgIpc) is 3.44. The number of nitrogens with one attached hydrogen (secondary N) is 1. The van der Waals surface area contributed by atoms with Crippen LogP contribution in [-0.2, 0) is 11.2 Å². The molecule has 0 unspecified atom stereocenters. The Morgan fingerprint density at radius 2 is 1.80 bits per heavy atom. The zero-order chi connectivity index (χ0) is 17.6. The summed E-state index contributed by atoms with van der Waals surface area (Å²) < 4.78 is 5.78. The Labute approximate surface area is 146 Å². The highest BCUT2D eigenvalue weighted by Gasteiger charge is 2.23. The van der Waals surface area contributed by atoms with Gasteiger partial charge in [0.15, 0.2) is 0 Å². The minimum atomic E-state index is -0.819. The lowest BCUT2D eigenvalue weighted by Crippen LogP contribution is -2.14. The molecule has 130 valence electrons. The summed E-state index contributed by atoms with van der Waals surface area (Å²) in [5.74, 6) is 0.185. The summed E-state index contributed by atoms with van der Waals surface area (Å²) in [5.41, 5.74) is 2.10. The molecule has 3 rings (SSSR count). The van der Waals surface area contributed by atoms with Crippen LogP contribution < -0.4 is 10.1 Å². The molecule has 1 aliphatic carbocycles. The number of carbonyl (C=O) groups is 2. The predicted molar refractivity (Wildman–Crippen MR) is 95.0 cm³/mol. The van der Waals surface area contributed by atoms with E-state index in [2.05, 4.69) is 5.32 Å². The van der Waals surface area contributed by atoms with Crippen LogP contribution >= 0.6 is 0 Å². The first-order valence-corrected chi connectivity index (χ1v) is 8.46.